The lowest BCUT2D eigenvalue weighted by Gasteiger charge is -2.47. The molecular weight excluding hydrogens is 246 g/mol. The molecular formula is C17H35N3. The molecule has 2 saturated heterocycles. The molecule has 3 unspecified atom stereocenters. The fraction of sp³-hybridized carbons (Fsp3) is 1.00. The van der Waals surface area contributed by atoms with Crippen LogP contribution in [0.3, 0.4) is 0 Å². The Hall–Kier alpha value is -0.120. The Labute approximate surface area is 126 Å². The largest absolute Gasteiger partial charge is 0.317 e. The lowest BCUT2D eigenvalue weighted by atomic mass is 9.83. The molecule has 0 aromatic rings. The van der Waals surface area contributed by atoms with E-state index in [0.29, 0.717) is 0 Å². The molecule has 2 fully saturated rings. The van der Waals surface area contributed by atoms with Crippen LogP contribution in [-0.4, -0.2) is 61.7 Å². The number of nitrogens with zero attached hydrogens (tertiary/aromatic N) is 2. The van der Waals surface area contributed by atoms with Crippen molar-refractivity contribution in [2.45, 2.75) is 64.5 Å². The van der Waals surface area contributed by atoms with Crippen LogP contribution in [0.4, 0.5) is 0 Å². The highest BCUT2D eigenvalue weighted by atomic mass is 15.2. The molecule has 0 amide bonds. The van der Waals surface area contributed by atoms with Crippen molar-refractivity contribution in [1.29, 1.82) is 0 Å². The van der Waals surface area contributed by atoms with Crippen LogP contribution in [-0.2, 0) is 0 Å². The van der Waals surface area contributed by atoms with E-state index in [1.807, 2.05) is 0 Å². The lowest BCUT2D eigenvalue weighted by Crippen LogP contribution is -2.54. The fourth-order valence-electron chi connectivity index (χ4n) is 4.09. The Morgan fingerprint density at radius 1 is 1.20 bits per heavy atom. The summed E-state index contributed by atoms with van der Waals surface area (Å²) in [6, 6.07) is 1.64. The normalized spacial score (nSPS) is 30.1. The summed E-state index contributed by atoms with van der Waals surface area (Å²) in [5.74, 6) is 0.933. The number of piperidine rings is 2. The van der Waals surface area contributed by atoms with Gasteiger partial charge in [-0.25, -0.2) is 0 Å². The maximum absolute atomic E-state index is 3.52. The van der Waals surface area contributed by atoms with Crippen LogP contribution < -0.4 is 5.32 Å². The van der Waals surface area contributed by atoms with Crippen molar-refractivity contribution in [2.75, 3.05) is 39.8 Å². The third kappa shape index (κ3) is 4.44. The minimum absolute atomic E-state index is 0.770. The predicted octanol–water partition coefficient (Wildman–Crippen LogP) is 2.57. The maximum atomic E-state index is 3.52. The summed E-state index contributed by atoms with van der Waals surface area (Å²) < 4.78 is 0. The molecule has 3 nitrogen and oxygen atoms in total. The summed E-state index contributed by atoms with van der Waals surface area (Å²) in [6.45, 7) is 11.0. The first-order valence-electron chi connectivity index (χ1n) is 8.87. The predicted molar refractivity (Wildman–Crippen MR) is 87.2 cm³/mol. The summed E-state index contributed by atoms with van der Waals surface area (Å²) in [6.07, 6.45) is 8.17. The smallest absolute Gasteiger partial charge is 0.0145 e. The topological polar surface area (TPSA) is 18.5 Å². The number of nitrogens with one attached hydrogen (secondary N) is 1. The molecule has 2 heterocycles. The monoisotopic (exact) mass is 281 g/mol. The van der Waals surface area contributed by atoms with Gasteiger partial charge < -0.3 is 15.1 Å². The molecule has 0 spiro atoms. The molecule has 2 aliphatic heterocycles. The number of hydrogen-bond donors (Lipinski definition) is 1. The quantitative estimate of drug-likeness (QED) is 0.724. The molecule has 2 rings (SSSR count). The second-order valence-electron chi connectivity index (χ2n) is 6.98. The van der Waals surface area contributed by atoms with E-state index in [1.54, 1.807) is 0 Å². The molecule has 3 atom stereocenters. The van der Waals surface area contributed by atoms with Gasteiger partial charge in [0.2, 0.25) is 0 Å². The highest BCUT2D eigenvalue weighted by molar-refractivity contribution is 4.90. The number of likely N-dealkylation sites (tertiary alicyclic amines) is 2. The molecule has 0 radical (unpaired) electrons. The van der Waals surface area contributed by atoms with Gasteiger partial charge in [0.25, 0.3) is 0 Å². The van der Waals surface area contributed by atoms with E-state index >= 15 is 0 Å². The Kier molecular flexibility index (Phi) is 6.79. The molecule has 2 aliphatic rings. The second-order valence-corrected chi connectivity index (χ2v) is 6.98. The van der Waals surface area contributed by atoms with Crippen molar-refractivity contribution in [1.82, 2.24) is 15.1 Å². The molecule has 118 valence electrons. The minimum Gasteiger partial charge on any atom is -0.317 e. The lowest BCUT2D eigenvalue weighted by molar-refractivity contribution is 0.0215. The van der Waals surface area contributed by atoms with E-state index in [0.717, 1.165) is 18.0 Å². The van der Waals surface area contributed by atoms with Crippen LogP contribution in [0, 0.1) is 5.92 Å². The average molecular weight is 281 g/mol. The van der Waals surface area contributed by atoms with Gasteiger partial charge in [0.15, 0.2) is 0 Å². The molecule has 0 aromatic carbocycles. The first-order valence-corrected chi connectivity index (χ1v) is 8.87. The summed E-state index contributed by atoms with van der Waals surface area (Å²) >= 11 is 0. The third-order valence-corrected chi connectivity index (χ3v) is 5.40. The van der Waals surface area contributed by atoms with Crippen LogP contribution in [0.15, 0.2) is 0 Å². The van der Waals surface area contributed by atoms with Crippen molar-refractivity contribution in [3.8, 4) is 0 Å². The highest BCUT2D eigenvalue weighted by Crippen LogP contribution is 2.30. The van der Waals surface area contributed by atoms with Crippen LogP contribution in [0.2, 0.25) is 0 Å². The van der Waals surface area contributed by atoms with E-state index in [2.05, 4.69) is 36.0 Å². The Bertz CT molecular complexity index is 269. The van der Waals surface area contributed by atoms with Gasteiger partial charge in [0, 0.05) is 18.6 Å². The zero-order valence-electron chi connectivity index (χ0n) is 13.9. The zero-order valence-corrected chi connectivity index (χ0v) is 13.9. The van der Waals surface area contributed by atoms with E-state index in [-0.39, 0.29) is 0 Å². The van der Waals surface area contributed by atoms with Crippen molar-refractivity contribution in [3.63, 3.8) is 0 Å². The second kappa shape index (κ2) is 8.35. The summed E-state index contributed by atoms with van der Waals surface area (Å²) in [5.41, 5.74) is 0. The van der Waals surface area contributed by atoms with E-state index in [9.17, 15) is 0 Å². The van der Waals surface area contributed by atoms with Gasteiger partial charge in [0.05, 0.1) is 0 Å². The van der Waals surface area contributed by atoms with E-state index in [4.69, 9.17) is 0 Å². The molecule has 20 heavy (non-hydrogen) atoms. The fourth-order valence-corrected chi connectivity index (χ4v) is 4.09. The minimum atomic E-state index is 0.770. The zero-order chi connectivity index (χ0) is 14.4. The van der Waals surface area contributed by atoms with Crippen molar-refractivity contribution < 1.29 is 0 Å². The van der Waals surface area contributed by atoms with Gasteiger partial charge in [-0.1, -0.05) is 6.92 Å². The SMILES string of the molecule is CCCNCCCC(C)N1CCC2C(CCCN2C)C1. The number of fused-ring (bicyclic) bond motifs is 1. The summed E-state index contributed by atoms with van der Waals surface area (Å²) in [4.78, 5) is 5.38. The van der Waals surface area contributed by atoms with Gasteiger partial charge in [-0.05, 0) is 84.6 Å². The van der Waals surface area contributed by atoms with Crippen LogP contribution in [0.25, 0.3) is 0 Å². The van der Waals surface area contributed by atoms with Crippen LogP contribution >= 0.6 is 0 Å². The van der Waals surface area contributed by atoms with Crippen molar-refractivity contribution in [3.05, 3.63) is 0 Å². The summed E-state index contributed by atoms with van der Waals surface area (Å²) in [7, 11) is 2.33. The van der Waals surface area contributed by atoms with Crippen LogP contribution in [0.1, 0.15) is 52.4 Å². The Balaban J connectivity index is 1.68. The van der Waals surface area contributed by atoms with Crippen molar-refractivity contribution in [2.24, 2.45) is 5.92 Å². The molecule has 0 aliphatic carbocycles. The Morgan fingerprint density at radius 3 is 2.85 bits per heavy atom. The van der Waals surface area contributed by atoms with Gasteiger partial charge >= 0.3 is 0 Å². The first-order chi connectivity index (χ1) is 9.72. The van der Waals surface area contributed by atoms with E-state index < -0.39 is 0 Å². The molecule has 0 aromatic heterocycles. The third-order valence-electron chi connectivity index (χ3n) is 5.40. The first kappa shape index (κ1) is 16.3. The number of hydrogen-bond acceptors (Lipinski definition) is 3. The Morgan fingerprint density at radius 2 is 2.05 bits per heavy atom. The molecule has 3 heteroatoms. The maximum Gasteiger partial charge on any atom is 0.0145 e. The van der Waals surface area contributed by atoms with Crippen molar-refractivity contribution >= 4 is 0 Å². The average Bonchev–Trinajstić information content (AvgIpc) is 2.47. The molecule has 0 bridgehead atoms. The number of rotatable bonds is 7. The van der Waals surface area contributed by atoms with Gasteiger partial charge in [0.1, 0.15) is 0 Å². The van der Waals surface area contributed by atoms with Gasteiger partial charge in [-0.3, -0.25) is 0 Å². The van der Waals surface area contributed by atoms with E-state index in [1.165, 1.54) is 71.2 Å². The molecule has 1 N–H and O–H groups in total. The standard InChI is InChI=1S/C17H35N3/c1-4-10-18-11-5-7-15(2)20-13-9-17-16(14-20)8-6-12-19(17)3/h15-18H,4-14H2,1-3H3. The molecule has 0 saturated carbocycles. The van der Waals surface area contributed by atoms with Gasteiger partial charge in [-0.15, -0.1) is 0 Å². The van der Waals surface area contributed by atoms with Gasteiger partial charge in [-0.2, -0.15) is 0 Å². The van der Waals surface area contributed by atoms with Crippen LogP contribution in [0.5, 0.6) is 0 Å². The summed E-state index contributed by atoms with van der Waals surface area (Å²) in [5, 5.41) is 3.52. The highest BCUT2D eigenvalue weighted by Gasteiger charge is 2.35.